The molecule has 0 radical (unpaired) electrons. The summed E-state index contributed by atoms with van der Waals surface area (Å²) in [5.74, 6) is 3.70. The van der Waals surface area contributed by atoms with Crippen molar-refractivity contribution in [3.05, 3.63) is 21.7 Å². The van der Waals surface area contributed by atoms with E-state index in [1.54, 1.807) is 11.3 Å². The van der Waals surface area contributed by atoms with Gasteiger partial charge in [0.05, 0.1) is 0 Å². The Kier molecular flexibility index (Phi) is 10.8. The molecule has 0 saturated heterocycles. The van der Waals surface area contributed by atoms with Crippen molar-refractivity contribution in [3.63, 3.8) is 0 Å². The fraction of sp³-hybridized carbons (Fsp3) is 0.789. The van der Waals surface area contributed by atoms with Gasteiger partial charge in [0.15, 0.2) is 5.82 Å². The summed E-state index contributed by atoms with van der Waals surface area (Å²) in [7, 11) is 0. The zero-order valence-corrected chi connectivity index (χ0v) is 17.1. The van der Waals surface area contributed by atoms with Gasteiger partial charge in [-0.15, -0.1) is 21.5 Å². The molecule has 144 valence electrons. The van der Waals surface area contributed by atoms with Crippen LogP contribution in [0.4, 0.5) is 0 Å². The summed E-state index contributed by atoms with van der Waals surface area (Å²) < 4.78 is 5.08. The first kappa shape index (κ1) is 23.7. The van der Waals surface area contributed by atoms with Gasteiger partial charge >= 0.3 is 0 Å². The maximum Gasteiger partial charge on any atom is 0.226 e. The molecule has 0 amide bonds. The Labute approximate surface area is 157 Å². The van der Waals surface area contributed by atoms with E-state index in [-0.39, 0.29) is 7.43 Å². The smallest absolute Gasteiger partial charge is 0.226 e. The van der Waals surface area contributed by atoms with Crippen LogP contribution in [-0.4, -0.2) is 20.3 Å². The summed E-state index contributed by atoms with van der Waals surface area (Å²) in [6.07, 6.45) is 1.93. The Hall–Kier alpha value is -1.30. The molecule has 0 aromatic carbocycles. The highest BCUT2D eigenvalue weighted by Gasteiger charge is 2.10. The standard InChI is InChI=1S/C9H16N2O.C9H16N2S.CH4/c1-6(2)5-8-10-9(7(3)4)11-12-8;1-6(2)5-8-10-11-9(12-8)7(3)4;/h2*6-7H,5H2,1-4H3;1H4. The highest BCUT2D eigenvalue weighted by atomic mass is 32.1. The largest absolute Gasteiger partial charge is 0.339 e. The summed E-state index contributed by atoms with van der Waals surface area (Å²) in [5, 5.41) is 14.5. The van der Waals surface area contributed by atoms with Gasteiger partial charge in [0.2, 0.25) is 5.89 Å². The molecule has 2 heterocycles. The molecule has 5 nitrogen and oxygen atoms in total. The van der Waals surface area contributed by atoms with Crippen LogP contribution in [0.2, 0.25) is 0 Å². The molecule has 2 rings (SSSR count). The summed E-state index contributed by atoms with van der Waals surface area (Å²) in [6.45, 7) is 17.1. The molecule has 0 spiro atoms. The molecule has 0 unspecified atom stereocenters. The number of rotatable bonds is 6. The Morgan fingerprint density at radius 3 is 1.84 bits per heavy atom. The van der Waals surface area contributed by atoms with Gasteiger partial charge in [0.1, 0.15) is 10.0 Å². The van der Waals surface area contributed by atoms with Crippen LogP contribution >= 0.6 is 11.3 Å². The summed E-state index contributed by atoms with van der Waals surface area (Å²) in [4.78, 5) is 4.27. The van der Waals surface area contributed by atoms with Crippen LogP contribution < -0.4 is 0 Å². The molecule has 0 saturated carbocycles. The van der Waals surface area contributed by atoms with Gasteiger partial charge < -0.3 is 4.52 Å². The quantitative estimate of drug-likeness (QED) is 0.636. The molecule has 0 aliphatic carbocycles. The molecule has 0 N–H and O–H groups in total. The van der Waals surface area contributed by atoms with Crippen LogP contribution in [0.3, 0.4) is 0 Å². The molecule has 2 aromatic rings. The predicted octanol–water partition coefficient (Wildman–Crippen LogP) is 5.89. The van der Waals surface area contributed by atoms with E-state index < -0.39 is 0 Å². The Bertz CT molecular complexity index is 536. The van der Waals surface area contributed by atoms with E-state index in [9.17, 15) is 0 Å². The van der Waals surface area contributed by atoms with E-state index in [2.05, 4.69) is 75.7 Å². The van der Waals surface area contributed by atoms with Crippen LogP contribution in [0.15, 0.2) is 4.52 Å². The highest BCUT2D eigenvalue weighted by Crippen LogP contribution is 2.20. The molecular weight excluding hydrogens is 332 g/mol. The van der Waals surface area contributed by atoms with Crippen LogP contribution in [0, 0.1) is 11.8 Å². The third kappa shape index (κ3) is 9.10. The molecule has 0 atom stereocenters. The maximum atomic E-state index is 5.08. The van der Waals surface area contributed by atoms with E-state index in [0.29, 0.717) is 23.7 Å². The van der Waals surface area contributed by atoms with Crippen molar-refractivity contribution >= 4 is 11.3 Å². The Balaban J connectivity index is 0.000000443. The molecular formula is C19H36N4OS. The second kappa shape index (κ2) is 11.3. The molecule has 0 fully saturated rings. The van der Waals surface area contributed by atoms with Gasteiger partial charge in [-0.3, -0.25) is 0 Å². The third-order valence-electron chi connectivity index (χ3n) is 3.14. The third-order valence-corrected chi connectivity index (χ3v) is 4.39. The fourth-order valence-electron chi connectivity index (χ4n) is 1.87. The van der Waals surface area contributed by atoms with Crippen molar-refractivity contribution in [3.8, 4) is 0 Å². The van der Waals surface area contributed by atoms with Gasteiger partial charge in [-0.2, -0.15) is 4.98 Å². The number of nitrogens with zero attached hydrogens (tertiary/aromatic N) is 4. The second-order valence-corrected chi connectivity index (χ2v) is 8.68. The van der Waals surface area contributed by atoms with Gasteiger partial charge in [-0.25, -0.2) is 0 Å². The normalized spacial score (nSPS) is 11.0. The second-order valence-electron chi connectivity index (χ2n) is 7.59. The zero-order valence-electron chi connectivity index (χ0n) is 16.3. The summed E-state index contributed by atoms with van der Waals surface area (Å²) in [5.41, 5.74) is 0. The average molecular weight is 369 g/mol. The maximum absolute atomic E-state index is 5.08. The first-order valence-corrected chi connectivity index (χ1v) is 9.65. The molecule has 2 aromatic heterocycles. The first-order chi connectivity index (χ1) is 11.2. The molecule has 0 bridgehead atoms. The lowest BCUT2D eigenvalue weighted by atomic mass is 10.1. The summed E-state index contributed by atoms with van der Waals surface area (Å²) in [6, 6.07) is 0. The average Bonchev–Trinajstić information content (AvgIpc) is 3.07. The van der Waals surface area contributed by atoms with E-state index in [4.69, 9.17) is 4.52 Å². The zero-order chi connectivity index (χ0) is 18.3. The van der Waals surface area contributed by atoms with Crippen molar-refractivity contribution in [2.24, 2.45) is 11.8 Å². The van der Waals surface area contributed by atoms with Gasteiger partial charge in [0, 0.05) is 24.7 Å². The van der Waals surface area contributed by atoms with E-state index in [0.717, 1.165) is 29.6 Å². The van der Waals surface area contributed by atoms with Gasteiger partial charge in [-0.1, -0.05) is 68.0 Å². The SMILES string of the molecule is C.CC(C)Cc1nc(C(C)C)no1.CC(C)Cc1nnc(C(C)C)s1. The number of aromatic nitrogens is 4. The molecule has 25 heavy (non-hydrogen) atoms. The summed E-state index contributed by atoms with van der Waals surface area (Å²) >= 11 is 1.75. The van der Waals surface area contributed by atoms with E-state index >= 15 is 0 Å². The van der Waals surface area contributed by atoms with Crippen molar-refractivity contribution < 1.29 is 4.52 Å². The number of hydrogen-bond acceptors (Lipinski definition) is 6. The molecule has 0 aliphatic heterocycles. The minimum Gasteiger partial charge on any atom is -0.339 e. The van der Waals surface area contributed by atoms with E-state index in [1.807, 2.05) is 0 Å². The van der Waals surface area contributed by atoms with Gasteiger partial charge in [0.25, 0.3) is 0 Å². The molecule has 6 heteroatoms. The Morgan fingerprint density at radius 2 is 1.44 bits per heavy atom. The lowest BCUT2D eigenvalue weighted by Gasteiger charge is -1.97. The lowest BCUT2D eigenvalue weighted by molar-refractivity contribution is 0.357. The first-order valence-electron chi connectivity index (χ1n) is 8.83. The van der Waals surface area contributed by atoms with Crippen LogP contribution in [-0.2, 0) is 12.8 Å². The predicted molar refractivity (Wildman–Crippen MR) is 106 cm³/mol. The van der Waals surface area contributed by atoms with Crippen molar-refractivity contribution in [1.29, 1.82) is 0 Å². The van der Waals surface area contributed by atoms with Crippen LogP contribution in [0.5, 0.6) is 0 Å². The topological polar surface area (TPSA) is 64.7 Å². The molecule has 0 aliphatic rings. The number of hydrogen-bond donors (Lipinski definition) is 0. The van der Waals surface area contributed by atoms with Crippen LogP contribution in [0.1, 0.15) is 96.4 Å². The fourth-order valence-corrected chi connectivity index (χ4v) is 2.92. The lowest BCUT2D eigenvalue weighted by Crippen LogP contribution is -1.95. The van der Waals surface area contributed by atoms with Crippen molar-refractivity contribution in [2.75, 3.05) is 0 Å². The minimum atomic E-state index is 0. The monoisotopic (exact) mass is 368 g/mol. The minimum absolute atomic E-state index is 0. The van der Waals surface area contributed by atoms with E-state index in [1.165, 1.54) is 5.01 Å². The van der Waals surface area contributed by atoms with Gasteiger partial charge in [-0.05, 0) is 11.8 Å². The van der Waals surface area contributed by atoms with Crippen molar-refractivity contribution in [1.82, 2.24) is 20.3 Å². The van der Waals surface area contributed by atoms with Crippen molar-refractivity contribution in [2.45, 2.75) is 87.5 Å². The van der Waals surface area contributed by atoms with Crippen LogP contribution in [0.25, 0.3) is 0 Å². The highest BCUT2D eigenvalue weighted by molar-refractivity contribution is 7.11. The Morgan fingerprint density at radius 1 is 0.840 bits per heavy atom.